The van der Waals surface area contributed by atoms with Gasteiger partial charge in [-0.15, -0.1) is 0 Å². The van der Waals surface area contributed by atoms with Gasteiger partial charge in [0, 0.05) is 11.3 Å². The van der Waals surface area contributed by atoms with E-state index >= 15 is 0 Å². The van der Waals surface area contributed by atoms with E-state index in [1.165, 1.54) is 49.4 Å². The summed E-state index contributed by atoms with van der Waals surface area (Å²) in [7, 11) is -3.37. The summed E-state index contributed by atoms with van der Waals surface area (Å²) in [4.78, 5) is 12.1. The monoisotopic (exact) mass is 381 g/mol. The summed E-state index contributed by atoms with van der Waals surface area (Å²) in [6, 6.07) is 11.9. The van der Waals surface area contributed by atoms with E-state index in [0.29, 0.717) is 16.8 Å². The van der Waals surface area contributed by atoms with Crippen LogP contribution in [0.2, 0.25) is 0 Å². The second-order valence-electron chi connectivity index (χ2n) is 5.23. The van der Waals surface area contributed by atoms with Gasteiger partial charge in [0.25, 0.3) is 0 Å². The minimum atomic E-state index is -3.37. The van der Waals surface area contributed by atoms with E-state index in [1.54, 1.807) is 18.2 Å². The molecule has 0 unspecified atom stereocenters. The first-order valence-corrected chi connectivity index (χ1v) is 9.32. The highest BCUT2D eigenvalue weighted by atomic mass is 32.2. The number of carbonyl (C=O) groups is 1. The van der Waals surface area contributed by atoms with Gasteiger partial charge in [0.15, 0.2) is 5.78 Å². The average molecular weight is 381 g/mol. The number of carbonyl (C=O) groups excluding carboxylic acids is 1. The topological polar surface area (TPSA) is 72.5 Å². The quantitative estimate of drug-likeness (QED) is 0.555. The number of anilines is 1. The Hall–Kier alpha value is -2.74. The van der Waals surface area contributed by atoms with Gasteiger partial charge in [0.2, 0.25) is 10.0 Å². The zero-order valence-corrected chi connectivity index (χ0v) is 14.7. The van der Waals surface area contributed by atoms with Gasteiger partial charge in [0.05, 0.1) is 5.75 Å². The van der Waals surface area contributed by atoms with Gasteiger partial charge >= 0.3 is 6.61 Å². The van der Waals surface area contributed by atoms with E-state index in [2.05, 4.69) is 9.46 Å². The molecule has 2 rings (SSSR count). The maximum atomic E-state index is 12.1. The number of alkyl halides is 2. The van der Waals surface area contributed by atoms with Crippen molar-refractivity contribution in [3.05, 3.63) is 65.7 Å². The number of hydrogen-bond acceptors (Lipinski definition) is 4. The fourth-order valence-corrected chi connectivity index (χ4v) is 2.62. The molecule has 0 spiro atoms. The molecule has 0 aliphatic rings. The van der Waals surface area contributed by atoms with Gasteiger partial charge in [-0.25, -0.2) is 8.42 Å². The van der Waals surface area contributed by atoms with Gasteiger partial charge < -0.3 is 4.74 Å². The van der Waals surface area contributed by atoms with Crippen molar-refractivity contribution in [3.8, 4) is 5.75 Å². The molecular weight excluding hydrogens is 364 g/mol. The number of hydrogen-bond donors (Lipinski definition) is 1. The van der Waals surface area contributed by atoms with Gasteiger partial charge in [-0.3, -0.25) is 9.52 Å². The number of allylic oxidation sites excluding steroid dienone is 1. The van der Waals surface area contributed by atoms with E-state index in [-0.39, 0.29) is 17.3 Å². The maximum absolute atomic E-state index is 12.1. The molecule has 8 heteroatoms. The lowest BCUT2D eigenvalue weighted by Crippen LogP contribution is -2.14. The molecule has 0 amide bonds. The van der Waals surface area contributed by atoms with Crippen molar-refractivity contribution >= 4 is 27.6 Å². The molecule has 0 heterocycles. The van der Waals surface area contributed by atoms with Crippen LogP contribution in [0.1, 0.15) is 22.8 Å². The Morgan fingerprint density at radius 1 is 1.12 bits per heavy atom. The van der Waals surface area contributed by atoms with Crippen molar-refractivity contribution < 1.29 is 26.7 Å². The Morgan fingerprint density at radius 2 is 1.73 bits per heavy atom. The number of rotatable bonds is 8. The van der Waals surface area contributed by atoms with Crippen LogP contribution in [0.4, 0.5) is 14.5 Å². The third-order valence-electron chi connectivity index (χ3n) is 3.36. The van der Waals surface area contributed by atoms with Gasteiger partial charge in [-0.1, -0.05) is 18.2 Å². The van der Waals surface area contributed by atoms with Crippen molar-refractivity contribution in [1.29, 1.82) is 0 Å². The number of benzene rings is 2. The van der Waals surface area contributed by atoms with Crippen LogP contribution in [0.3, 0.4) is 0 Å². The van der Waals surface area contributed by atoms with Gasteiger partial charge in [0.1, 0.15) is 5.75 Å². The predicted octanol–water partition coefficient (Wildman–Crippen LogP) is 3.95. The fraction of sp³-hybridized carbons (Fsp3) is 0.167. The van der Waals surface area contributed by atoms with Crippen molar-refractivity contribution in [3.63, 3.8) is 0 Å². The predicted molar refractivity (Wildman–Crippen MR) is 96.0 cm³/mol. The van der Waals surface area contributed by atoms with Gasteiger partial charge in [-0.05, 0) is 55.0 Å². The third kappa shape index (κ3) is 5.96. The number of ether oxygens (including phenoxy) is 1. The third-order valence-corrected chi connectivity index (χ3v) is 4.66. The lowest BCUT2D eigenvalue weighted by molar-refractivity contribution is -0.0498. The molecule has 26 heavy (non-hydrogen) atoms. The van der Waals surface area contributed by atoms with Crippen LogP contribution in [0, 0.1) is 0 Å². The largest absolute Gasteiger partial charge is 0.435 e. The van der Waals surface area contributed by atoms with E-state index in [1.807, 2.05) is 0 Å². The van der Waals surface area contributed by atoms with Crippen molar-refractivity contribution in [2.75, 3.05) is 10.5 Å². The number of sulfonamides is 1. The summed E-state index contributed by atoms with van der Waals surface area (Å²) in [5.41, 5.74) is 1.41. The maximum Gasteiger partial charge on any atom is 0.387 e. The van der Waals surface area contributed by atoms with Crippen LogP contribution in [0.15, 0.2) is 54.6 Å². The number of ketones is 1. The molecular formula is C18H17F2NO4S. The Balaban J connectivity index is 2.01. The molecule has 0 fully saturated rings. The molecule has 0 aliphatic heterocycles. The smallest absolute Gasteiger partial charge is 0.387 e. The van der Waals surface area contributed by atoms with Crippen molar-refractivity contribution in [1.82, 2.24) is 0 Å². The van der Waals surface area contributed by atoms with E-state index in [0.717, 1.165) is 0 Å². The molecule has 1 N–H and O–H groups in total. The molecule has 0 aromatic heterocycles. The molecule has 0 bridgehead atoms. The molecule has 2 aromatic rings. The Morgan fingerprint density at radius 3 is 2.27 bits per heavy atom. The molecule has 0 saturated carbocycles. The van der Waals surface area contributed by atoms with Crippen molar-refractivity contribution in [2.24, 2.45) is 0 Å². The van der Waals surface area contributed by atoms with Crippen LogP contribution < -0.4 is 9.46 Å². The standard InChI is InChI=1S/C18H17F2NO4S/c1-2-26(23,24)21-15-8-6-14(7-9-15)17(22)12-5-13-3-10-16(11-4-13)25-18(19)20/h3-12,18,21H,2H2,1H3. The number of halogens is 2. The molecule has 138 valence electrons. The Kier molecular flexibility index (Phi) is 6.46. The van der Waals surface area contributed by atoms with Crippen LogP contribution in [-0.4, -0.2) is 26.6 Å². The first-order valence-electron chi connectivity index (χ1n) is 7.67. The molecule has 0 radical (unpaired) electrons. The highest BCUT2D eigenvalue weighted by Crippen LogP contribution is 2.16. The van der Waals surface area contributed by atoms with Crippen molar-refractivity contribution in [2.45, 2.75) is 13.5 Å². The second-order valence-corrected chi connectivity index (χ2v) is 7.24. The van der Waals surface area contributed by atoms with Crippen LogP contribution in [-0.2, 0) is 10.0 Å². The van der Waals surface area contributed by atoms with E-state index in [4.69, 9.17) is 0 Å². The summed E-state index contributed by atoms with van der Waals surface area (Å²) in [5.74, 6) is -0.284. The minimum absolute atomic E-state index is 0.0357. The molecule has 0 saturated heterocycles. The summed E-state index contributed by atoms with van der Waals surface area (Å²) in [5, 5.41) is 0. The summed E-state index contributed by atoms with van der Waals surface area (Å²) in [6.45, 7) is -1.36. The second kappa shape index (κ2) is 8.57. The Labute approximate surface area is 150 Å². The highest BCUT2D eigenvalue weighted by Gasteiger charge is 2.08. The summed E-state index contributed by atoms with van der Waals surface area (Å²) in [6.07, 6.45) is 2.89. The lowest BCUT2D eigenvalue weighted by atomic mass is 10.1. The first-order chi connectivity index (χ1) is 12.3. The van der Waals surface area contributed by atoms with E-state index < -0.39 is 16.6 Å². The minimum Gasteiger partial charge on any atom is -0.435 e. The van der Waals surface area contributed by atoms with Crippen LogP contribution in [0.25, 0.3) is 6.08 Å². The zero-order valence-electron chi connectivity index (χ0n) is 13.9. The average Bonchev–Trinajstić information content (AvgIpc) is 2.61. The van der Waals surface area contributed by atoms with Crippen LogP contribution >= 0.6 is 0 Å². The Bertz CT molecular complexity index is 876. The normalized spacial score (nSPS) is 11.7. The molecule has 2 aromatic carbocycles. The zero-order chi connectivity index (χ0) is 19.2. The highest BCUT2D eigenvalue weighted by molar-refractivity contribution is 7.92. The summed E-state index contributed by atoms with van der Waals surface area (Å²) < 4.78 is 53.8. The lowest BCUT2D eigenvalue weighted by Gasteiger charge is -2.06. The summed E-state index contributed by atoms with van der Waals surface area (Å²) >= 11 is 0. The SMILES string of the molecule is CCS(=O)(=O)Nc1ccc(C(=O)C=Cc2ccc(OC(F)F)cc2)cc1. The molecule has 0 aliphatic carbocycles. The first kappa shape index (κ1) is 19.6. The number of nitrogens with one attached hydrogen (secondary N) is 1. The molecule has 0 atom stereocenters. The van der Waals surface area contributed by atoms with Crippen LogP contribution in [0.5, 0.6) is 5.75 Å². The van der Waals surface area contributed by atoms with E-state index in [9.17, 15) is 22.0 Å². The fourth-order valence-electron chi connectivity index (χ4n) is 1.98. The molecule has 5 nitrogen and oxygen atoms in total. The van der Waals surface area contributed by atoms with Gasteiger partial charge in [-0.2, -0.15) is 8.78 Å².